The van der Waals surface area contributed by atoms with Crippen molar-refractivity contribution in [3.8, 4) is 0 Å². The van der Waals surface area contributed by atoms with Crippen LogP contribution in [-0.4, -0.2) is 14.5 Å². The number of hydrogen-bond acceptors (Lipinski definition) is 3. The van der Waals surface area contributed by atoms with Crippen molar-refractivity contribution in [2.45, 2.75) is 26.3 Å². The highest BCUT2D eigenvalue weighted by atomic mass is 16.6. The minimum Gasteiger partial charge on any atom is -0.328 e. The average Bonchev–Trinajstić information content (AvgIpc) is 2.70. The van der Waals surface area contributed by atoms with E-state index in [2.05, 4.69) is 18.8 Å². The average molecular weight is 219 g/mol. The molecule has 0 aliphatic rings. The van der Waals surface area contributed by atoms with E-state index >= 15 is 0 Å². The monoisotopic (exact) mass is 219 g/mol. The molecule has 16 heavy (non-hydrogen) atoms. The second-order valence-electron chi connectivity index (χ2n) is 3.84. The minimum atomic E-state index is -0.401. The Morgan fingerprint density at radius 3 is 2.94 bits per heavy atom. The van der Waals surface area contributed by atoms with Crippen LogP contribution in [0.1, 0.15) is 26.3 Å². The van der Waals surface area contributed by atoms with Crippen LogP contribution in [0.2, 0.25) is 0 Å². The Hall–Kier alpha value is -1.91. The predicted octanol–water partition coefficient (Wildman–Crippen LogP) is 2.92. The second kappa shape index (κ2) is 3.92. The number of nitrogens with zero attached hydrogens (tertiary/aromatic N) is 3. The summed E-state index contributed by atoms with van der Waals surface area (Å²) in [5, 5.41) is 10.6. The van der Waals surface area contributed by atoms with Crippen LogP contribution >= 0.6 is 0 Å². The quantitative estimate of drug-likeness (QED) is 0.589. The fourth-order valence-electron chi connectivity index (χ4n) is 1.68. The number of fused-ring (bicyclic) bond motifs is 1. The van der Waals surface area contributed by atoms with E-state index in [1.807, 2.05) is 4.57 Å². The maximum atomic E-state index is 10.6. The highest BCUT2D eigenvalue weighted by molar-refractivity contribution is 5.78. The van der Waals surface area contributed by atoms with E-state index < -0.39 is 4.92 Å². The normalized spacial score (nSPS) is 12.9. The van der Waals surface area contributed by atoms with Crippen molar-refractivity contribution in [2.24, 2.45) is 0 Å². The van der Waals surface area contributed by atoms with Gasteiger partial charge in [-0.15, -0.1) is 0 Å². The summed E-state index contributed by atoms with van der Waals surface area (Å²) in [7, 11) is 0. The molecule has 0 saturated carbocycles. The lowest BCUT2D eigenvalue weighted by Crippen LogP contribution is -2.01. The van der Waals surface area contributed by atoms with Crippen molar-refractivity contribution in [2.75, 3.05) is 0 Å². The number of rotatable bonds is 3. The van der Waals surface area contributed by atoms with Crippen molar-refractivity contribution in [3.63, 3.8) is 0 Å². The maximum Gasteiger partial charge on any atom is 0.271 e. The maximum absolute atomic E-state index is 10.6. The zero-order valence-electron chi connectivity index (χ0n) is 9.25. The molecule has 1 aromatic carbocycles. The lowest BCUT2D eigenvalue weighted by Gasteiger charge is -2.10. The van der Waals surface area contributed by atoms with E-state index in [1.54, 1.807) is 12.4 Å². The van der Waals surface area contributed by atoms with Crippen LogP contribution in [0.15, 0.2) is 24.5 Å². The van der Waals surface area contributed by atoms with Crippen LogP contribution < -0.4 is 0 Å². The fourth-order valence-corrected chi connectivity index (χ4v) is 1.68. The van der Waals surface area contributed by atoms with Gasteiger partial charge in [0.2, 0.25) is 0 Å². The van der Waals surface area contributed by atoms with Crippen molar-refractivity contribution < 1.29 is 4.92 Å². The molecule has 1 aromatic heterocycles. The Morgan fingerprint density at radius 1 is 1.56 bits per heavy atom. The van der Waals surface area contributed by atoms with Crippen LogP contribution in [0.3, 0.4) is 0 Å². The molecule has 0 saturated heterocycles. The van der Waals surface area contributed by atoms with Crippen molar-refractivity contribution >= 4 is 16.7 Å². The lowest BCUT2D eigenvalue weighted by molar-refractivity contribution is -0.384. The predicted molar refractivity (Wildman–Crippen MR) is 61.4 cm³/mol. The molecule has 1 unspecified atom stereocenters. The van der Waals surface area contributed by atoms with Gasteiger partial charge in [0.15, 0.2) is 0 Å². The van der Waals surface area contributed by atoms with E-state index in [-0.39, 0.29) is 5.69 Å². The molecule has 0 aliphatic carbocycles. The van der Waals surface area contributed by atoms with E-state index in [9.17, 15) is 10.1 Å². The van der Waals surface area contributed by atoms with E-state index in [4.69, 9.17) is 0 Å². The standard InChI is InChI=1S/C11H13N3O2/c1-3-8(2)13-7-12-10-6-9(14(15)16)4-5-11(10)13/h4-8H,3H2,1-2H3. The Bertz CT molecular complexity index is 533. The topological polar surface area (TPSA) is 61.0 Å². The van der Waals surface area contributed by atoms with Gasteiger partial charge in [-0.2, -0.15) is 0 Å². The smallest absolute Gasteiger partial charge is 0.271 e. The molecule has 0 N–H and O–H groups in total. The highest BCUT2D eigenvalue weighted by Gasteiger charge is 2.11. The van der Waals surface area contributed by atoms with E-state index in [0.29, 0.717) is 11.6 Å². The number of nitro groups is 1. The van der Waals surface area contributed by atoms with Crippen molar-refractivity contribution in [1.82, 2.24) is 9.55 Å². The van der Waals surface area contributed by atoms with Crippen LogP contribution in [0.25, 0.3) is 11.0 Å². The first-order valence-corrected chi connectivity index (χ1v) is 5.24. The third kappa shape index (κ3) is 1.64. The van der Waals surface area contributed by atoms with Gasteiger partial charge in [-0.05, 0) is 19.4 Å². The van der Waals surface area contributed by atoms with Gasteiger partial charge in [0.05, 0.1) is 22.3 Å². The lowest BCUT2D eigenvalue weighted by atomic mass is 10.2. The fraction of sp³-hybridized carbons (Fsp3) is 0.364. The number of aromatic nitrogens is 2. The highest BCUT2D eigenvalue weighted by Crippen LogP contribution is 2.23. The molecule has 2 aromatic rings. The van der Waals surface area contributed by atoms with Crippen LogP contribution in [0.5, 0.6) is 0 Å². The zero-order chi connectivity index (χ0) is 11.7. The third-order valence-electron chi connectivity index (χ3n) is 2.83. The first kappa shape index (κ1) is 10.6. The molecule has 1 atom stereocenters. The van der Waals surface area contributed by atoms with Gasteiger partial charge < -0.3 is 4.57 Å². The van der Waals surface area contributed by atoms with Gasteiger partial charge in [-0.1, -0.05) is 6.92 Å². The molecule has 0 bridgehead atoms. The molecule has 2 rings (SSSR count). The van der Waals surface area contributed by atoms with Gasteiger partial charge in [-0.3, -0.25) is 10.1 Å². The van der Waals surface area contributed by atoms with Gasteiger partial charge >= 0.3 is 0 Å². The summed E-state index contributed by atoms with van der Waals surface area (Å²) in [4.78, 5) is 14.4. The first-order valence-electron chi connectivity index (χ1n) is 5.24. The minimum absolute atomic E-state index is 0.0851. The molecule has 0 fully saturated rings. The summed E-state index contributed by atoms with van der Waals surface area (Å²) in [5.74, 6) is 0. The number of hydrogen-bond donors (Lipinski definition) is 0. The summed E-state index contributed by atoms with van der Waals surface area (Å²) < 4.78 is 2.04. The summed E-state index contributed by atoms with van der Waals surface area (Å²) in [6, 6.07) is 5.13. The molecule has 0 radical (unpaired) electrons. The molecule has 84 valence electrons. The molecule has 0 amide bonds. The summed E-state index contributed by atoms with van der Waals surface area (Å²) >= 11 is 0. The van der Waals surface area contributed by atoms with E-state index in [0.717, 1.165) is 11.9 Å². The molecule has 0 aliphatic heterocycles. The Morgan fingerprint density at radius 2 is 2.31 bits per heavy atom. The molecular weight excluding hydrogens is 206 g/mol. The number of non-ortho nitro benzene ring substituents is 1. The second-order valence-corrected chi connectivity index (χ2v) is 3.84. The number of benzene rings is 1. The van der Waals surface area contributed by atoms with Crippen LogP contribution in [-0.2, 0) is 0 Å². The number of nitro benzene ring substituents is 1. The first-order chi connectivity index (χ1) is 7.63. The summed E-state index contributed by atoms with van der Waals surface area (Å²) in [5.41, 5.74) is 1.70. The van der Waals surface area contributed by atoms with Crippen molar-refractivity contribution in [1.29, 1.82) is 0 Å². The van der Waals surface area contributed by atoms with E-state index in [1.165, 1.54) is 12.1 Å². The Balaban J connectivity index is 2.54. The third-order valence-corrected chi connectivity index (χ3v) is 2.83. The molecular formula is C11H13N3O2. The van der Waals surface area contributed by atoms with Crippen molar-refractivity contribution in [3.05, 3.63) is 34.6 Å². The Kier molecular flexibility index (Phi) is 2.60. The summed E-state index contributed by atoms with van der Waals surface area (Å²) in [6.07, 6.45) is 2.74. The SMILES string of the molecule is CCC(C)n1cnc2cc([N+](=O)[O-])ccc21. The van der Waals surface area contributed by atoms with Gasteiger partial charge in [0.25, 0.3) is 5.69 Å². The largest absolute Gasteiger partial charge is 0.328 e. The molecule has 5 heteroatoms. The molecule has 5 nitrogen and oxygen atoms in total. The van der Waals surface area contributed by atoms with Gasteiger partial charge in [-0.25, -0.2) is 4.98 Å². The van der Waals surface area contributed by atoms with Gasteiger partial charge in [0.1, 0.15) is 0 Å². The van der Waals surface area contributed by atoms with Gasteiger partial charge in [0, 0.05) is 18.2 Å². The van der Waals surface area contributed by atoms with Crippen LogP contribution in [0, 0.1) is 10.1 Å². The zero-order valence-corrected chi connectivity index (χ0v) is 9.25. The van der Waals surface area contributed by atoms with Crippen LogP contribution in [0.4, 0.5) is 5.69 Å². The Labute approximate surface area is 92.9 Å². The summed E-state index contributed by atoms with van der Waals surface area (Å²) in [6.45, 7) is 4.20. The molecule has 0 spiro atoms. The molecule has 1 heterocycles. The number of imidazole rings is 1.